The third-order valence-corrected chi connectivity index (χ3v) is 3.01. The Morgan fingerprint density at radius 1 is 1.50 bits per heavy atom. The number of nitrogens with two attached hydrogens (primary N) is 1. The van der Waals surface area contributed by atoms with Crippen molar-refractivity contribution in [2.45, 2.75) is 18.9 Å². The molecule has 1 aromatic carbocycles. The summed E-state index contributed by atoms with van der Waals surface area (Å²) in [5, 5.41) is 12.3. The van der Waals surface area contributed by atoms with Crippen molar-refractivity contribution in [3.63, 3.8) is 0 Å². The molecule has 18 heavy (non-hydrogen) atoms. The van der Waals surface area contributed by atoms with Crippen LogP contribution in [-0.4, -0.2) is 36.6 Å². The second kappa shape index (κ2) is 4.47. The molecule has 2 aliphatic rings. The van der Waals surface area contributed by atoms with Crippen LogP contribution >= 0.6 is 0 Å². The number of fused-ring (bicyclic) bond motifs is 1. The molecule has 96 valence electrons. The average molecular weight is 249 g/mol. The highest BCUT2D eigenvalue weighted by molar-refractivity contribution is 6.06. The topological polar surface area (TPSA) is 89.1 Å². The molecule has 0 bridgehead atoms. The fourth-order valence-corrected chi connectivity index (χ4v) is 2.17. The van der Waals surface area contributed by atoms with E-state index in [4.69, 9.17) is 15.2 Å². The van der Waals surface area contributed by atoms with Gasteiger partial charge in [-0.1, -0.05) is 6.07 Å². The molecule has 2 heterocycles. The van der Waals surface area contributed by atoms with Gasteiger partial charge >= 0.3 is 0 Å². The van der Waals surface area contributed by atoms with Crippen molar-refractivity contribution in [1.82, 2.24) is 0 Å². The van der Waals surface area contributed by atoms with Crippen LogP contribution in [-0.2, 0) is 4.74 Å². The number of ether oxygens (including phenoxy) is 2. The van der Waals surface area contributed by atoms with Gasteiger partial charge in [0.1, 0.15) is 17.7 Å². The molecule has 6 nitrogen and oxygen atoms in total. The summed E-state index contributed by atoms with van der Waals surface area (Å²) in [4.78, 5) is 3.89. The number of aliphatic hydroxyl groups excluding tert-OH is 1. The number of benzene rings is 1. The number of aliphatic imine (C=N–C) groups is 1. The lowest BCUT2D eigenvalue weighted by Crippen LogP contribution is -2.30. The molecular formula is C12H15N3O3. The third-order valence-electron chi connectivity index (χ3n) is 3.01. The van der Waals surface area contributed by atoms with Gasteiger partial charge in [0.25, 0.3) is 0 Å². The van der Waals surface area contributed by atoms with Crippen LogP contribution < -0.4 is 15.8 Å². The normalized spacial score (nSPS) is 26.2. The number of hydrogen-bond donors (Lipinski definition) is 3. The molecule has 0 saturated carbocycles. The van der Waals surface area contributed by atoms with E-state index in [1.54, 1.807) is 0 Å². The highest BCUT2D eigenvalue weighted by Crippen LogP contribution is 2.30. The average Bonchev–Trinajstić information content (AvgIpc) is 2.81. The first-order chi connectivity index (χ1) is 8.74. The van der Waals surface area contributed by atoms with Gasteiger partial charge in [0.05, 0.1) is 24.5 Å². The Kier molecular flexibility index (Phi) is 2.81. The first-order valence-corrected chi connectivity index (χ1v) is 5.90. The summed E-state index contributed by atoms with van der Waals surface area (Å²) in [6.45, 7) is 1.32. The highest BCUT2D eigenvalue weighted by atomic mass is 16.5. The predicted molar refractivity (Wildman–Crippen MR) is 66.6 cm³/mol. The molecule has 2 aliphatic heterocycles. The Morgan fingerprint density at radius 2 is 2.39 bits per heavy atom. The number of amidine groups is 1. The lowest BCUT2D eigenvalue weighted by atomic mass is 10.1. The number of nitrogens with one attached hydrogen (secondary N) is 1. The molecule has 1 saturated heterocycles. The molecule has 2 unspecified atom stereocenters. The van der Waals surface area contributed by atoms with Gasteiger partial charge in [-0.15, -0.1) is 0 Å². The zero-order valence-electron chi connectivity index (χ0n) is 9.80. The van der Waals surface area contributed by atoms with E-state index in [0.29, 0.717) is 17.9 Å². The first kappa shape index (κ1) is 11.3. The molecular weight excluding hydrogens is 234 g/mol. The monoisotopic (exact) mass is 249 g/mol. The smallest absolute Gasteiger partial charge is 0.225 e. The van der Waals surface area contributed by atoms with Gasteiger partial charge in [-0.25, -0.2) is 4.99 Å². The van der Waals surface area contributed by atoms with E-state index >= 15 is 0 Å². The van der Waals surface area contributed by atoms with Crippen molar-refractivity contribution < 1.29 is 14.6 Å². The second-order valence-corrected chi connectivity index (χ2v) is 4.31. The van der Waals surface area contributed by atoms with Gasteiger partial charge < -0.3 is 25.6 Å². The molecule has 6 heteroatoms. The van der Waals surface area contributed by atoms with Crippen LogP contribution in [0.15, 0.2) is 23.2 Å². The predicted octanol–water partition coefficient (Wildman–Crippen LogP) is 0.261. The van der Waals surface area contributed by atoms with Crippen LogP contribution in [0.25, 0.3) is 0 Å². The molecule has 1 fully saturated rings. The molecule has 0 spiro atoms. The zero-order valence-corrected chi connectivity index (χ0v) is 9.80. The summed E-state index contributed by atoms with van der Waals surface area (Å²) in [5.41, 5.74) is 7.28. The number of nitrogens with zero attached hydrogens (tertiary/aromatic N) is 1. The van der Waals surface area contributed by atoms with E-state index in [9.17, 15) is 5.11 Å². The summed E-state index contributed by atoms with van der Waals surface area (Å²) in [6, 6.07) is 5.53. The van der Waals surface area contributed by atoms with Crippen LogP contribution in [0.3, 0.4) is 0 Å². The van der Waals surface area contributed by atoms with Crippen LogP contribution in [0.1, 0.15) is 12.0 Å². The first-order valence-electron chi connectivity index (χ1n) is 5.90. The Hall–Kier alpha value is -1.79. The number of hydrogen-bond acceptors (Lipinski definition) is 6. The Bertz CT molecular complexity index is 483. The van der Waals surface area contributed by atoms with Crippen LogP contribution in [0.4, 0.5) is 5.69 Å². The van der Waals surface area contributed by atoms with E-state index in [1.165, 1.54) is 0 Å². The minimum atomic E-state index is -0.998. The van der Waals surface area contributed by atoms with Crippen LogP contribution in [0.5, 0.6) is 5.75 Å². The van der Waals surface area contributed by atoms with E-state index in [1.807, 2.05) is 18.2 Å². The summed E-state index contributed by atoms with van der Waals surface area (Å²) < 4.78 is 11.1. The van der Waals surface area contributed by atoms with E-state index in [0.717, 1.165) is 18.7 Å². The van der Waals surface area contributed by atoms with E-state index in [-0.39, 0.29) is 11.9 Å². The summed E-state index contributed by atoms with van der Waals surface area (Å²) in [7, 11) is 0. The highest BCUT2D eigenvalue weighted by Gasteiger charge is 2.24. The standard InChI is InChI=1S/C12H15N3O3/c13-11-10-8(14-12(16)15-11)2-1-3-9(10)18-7-4-5-17-6-7/h1-3,7,12,14,16H,4-6H2,(H2,13,15). The molecule has 4 N–H and O–H groups in total. The van der Waals surface area contributed by atoms with Crippen molar-refractivity contribution in [2.24, 2.45) is 10.7 Å². The van der Waals surface area contributed by atoms with E-state index in [2.05, 4.69) is 10.3 Å². The fourth-order valence-electron chi connectivity index (χ4n) is 2.17. The maximum absolute atomic E-state index is 9.46. The molecule has 0 amide bonds. The summed E-state index contributed by atoms with van der Waals surface area (Å²) in [5.74, 6) is 0.953. The van der Waals surface area contributed by atoms with Crippen molar-refractivity contribution in [1.29, 1.82) is 0 Å². The lowest BCUT2D eigenvalue weighted by molar-refractivity contribution is 0.141. The van der Waals surface area contributed by atoms with Crippen molar-refractivity contribution in [2.75, 3.05) is 18.5 Å². The largest absolute Gasteiger partial charge is 0.487 e. The SMILES string of the molecule is NC1=NC(O)Nc2cccc(OC3CCOC3)c21. The Balaban J connectivity index is 1.92. The molecule has 0 aromatic heterocycles. The van der Waals surface area contributed by atoms with Crippen molar-refractivity contribution >= 4 is 11.5 Å². The molecule has 1 aromatic rings. The Labute approximate surface area is 104 Å². The van der Waals surface area contributed by atoms with Gasteiger partial charge in [0.15, 0.2) is 0 Å². The van der Waals surface area contributed by atoms with Gasteiger partial charge in [-0.05, 0) is 12.1 Å². The maximum atomic E-state index is 9.46. The quantitative estimate of drug-likeness (QED) is 0.699. The molecule has 0 radical (unpaired) electrons. The minimum Gasteiger partial charge on any atom is -0.487 e. The van der Waals surface area contributed by atoms with Crippen molar-refractivity contribution in [3.05, 3.63) is 23.8 Å². The zero-order chi connectivity index (χ0) is 12.5. The fraction of sp³-hybridized carbons (Fsp3) is 0.417. The minimum absolute atomic E-state index is 0.0520. The summed E-state index contributed by atoms with van der Waals surface area (Å²) in [6.07, 6.45) is -0.0738. The number of anilines is 1. The summed E-state index contributed by atoms with van der Waals surface area (Å²) >= 11 is 0. The Morgan fingerprint density at radius 3 is 3.17 bits per heavy atom. The lowest BCUT2D eigenvalue weighted by Gasteiger charge is -2.23. The number of rotatable bonds is 2. The molecule has 0 aliphatic carbocycles. The van der Waals surface area contributed by atoms with Crippen LogP contribution in [0, 0.1) is 0 Å². The molecule has 2 atom stereocenters. The van der Waals surface area contributed by atoms with Gasteiger partial charge in [0.2, 0.25) is 6.35 Å². The van der Waals surface area contributed by atoms with Gasteiger partial charge in [-0.3, -0.25) is 0 Å². The molecule has 3 rings (SSSR count). The van der Waals surface area contributed by atoms with Crippen LogP contribution in [0.2, 0.25) is 0 Å². The number of aliphatic hydroxyl groups is 1. The van der Waals surface area contributed by atoms with Gasteiger partial charge in [0, 0.05) is 6.42 Å². The third kappa shape index (κ3) is 2.00. The van der Waals surface area contributed by atoms with Crippen molar-refractivity contribution in [3.8, 4) is 5.75 Å². The second-order valence-electron chi connectivity index (χ2n) is 4.31. The van der Waals surface area contributed by atoms with E-state index < -0.39 is 6.35 Å². The van der Waals surface area contributed by atoms with Gasteiger partial charge in [-0.2, -0.15) is 0 Å². The maximum Gasteiger partial charge on any atom is 0.225 e.